The van der Waals surface area contributed by atoms with Gasteiger partial charge in [0.1, 0.15) is 5.82 Å². The average molecular weight is 412 g/mol. The van der Waals surface area contributed by atoms with E-state index in [1.54, 1.807) is 6.07 Å². The van der Waals surface area contributed by atoms with Crippen LogP contribution in [0.25, 0.3) is 6.08 Å². The van der Waals surface area contributed by atoms with Gasteiger partial charge in [-0.25, -0.2) is 5.48 Å². The van der Waals surface area contributed by atoms with Gasteiger partial charge in [0.25, 0.3) is 5.91 Å². The molecule has 0 aliphatic carbocycles. The number of benzene rings is 1. The molecule has 27 heavy (non-hydrogen) atoms. The molecule has 1 aliphatic heterocycles. The summed E-state index contributed by atoms with van der Waals surface area (Å²) >= 11 is 0. The first-order valence-corrected chi connectivity index (χ1v) is 8.21. The van der Waals surface area contributed by atoms with Crippen LogP contribution in [0.5, 0.6) is 0 Å². The van der Waals surface area contributed by atoms with E-state index in [4.69, 9.17) is 5.21 Å². The van der Waals surface area contributed by atoms with E-state index < -0.39 is 5.91 Å². The summed E-state index contributed by atoms with van der Waals surface area (Å²) in [7, 11) is 0. The highest BCUT2D eigenvalue weighted by atomic mass is 35.5. The first-order chi connectivity index (χ1) is 12.2. The summed E-state index contributed by atoms with van der Waals surface area (Å²) in [6.45, 7) is 2.98. The second-order valence-corrected chi connectivity index (χ2v) is 6.00. The van der Waals surface area contributed by atoms with E-state index in [2.05, 4.69) is 44.7 Å². The Morgan fingerprint density at radius 2 is 1.96 bits per heavy atom. The summed E-state index contributed by atoms with van der Waals surface area (Å²) in [4.78, 5) is 13.4. The second-order valence-electron chi connectivity index (χ2n) is 6.00. The minimum atomic E-state index is -0.603. The molecule has 1 saturated heterocycles. The predicted octanol–water partition coefficient (Wildman–Crippen LogP) is 2.53. The van der Waals surface area contributed by atoms with Gasteiger partial charge in [-0.2, -0.15) is 0 Å². The van der Waals surface area contributed by atoms with Gasteiger partial charge in [-0.3, -0.25) is 14.9 Å². The Labute approximate surface area is 170 Å². The summed E-state index contributed by atoms with van der Waals surface area (Å²) in [5.41, 5.74) is 3.40. The van der Waals surface area contributed by atoms with Gasteiger partial charge in [-0.1, -0.05) is 30.3 Å². The Bertz CT molecular complexity index is 728. The number of carbonyl (C=O) groups is 1. The van der Waals surface area contributed by atoms with E-state index in [-0.39, 0.29) is 24.8 Å². The third-order valence-corrected chi connectivity index (χ3v) is 4.07. The third-order valence-electron chi connectivity index (χ3n) is 4.07. The monoisotopic (exact) mass is 411 g/mol. The average Bonchev–Trinajstić information content (AvgIpc) is 3.08. The normalized spacial score (nSPS) is 16.4. The number of carbonyl (C=O) groups excluding carboxylic acids is 1. The van der Waals surface area contributed by atoms with Crippen molar-refractivity contribution in [1.82, 2.24) is 20.6 Å². The Morgan fingerprint density at radius 1 is 1.19 bits per heavy atom. The van der Waals surface area contributed by atoms with Crippen LogP contribution in [0.1, 0.15) is 17.7 Å². The van der Waals surface area contributed by atoms with Crippen LogP contribution < -0.4 is 10.8 Å². The van der Waals surface area contributed by atoms with Crippen molar-refractivity contribution in [2.75, 3.05) is 18.4 Å². The van der Waals surface area contributed by atoms with Gasteiger partial charge in [0.05, 0.1) is 5.69 Å². The highest BCUT2D eigenvalue weighted by Gasteiger charge is 2.22. The molecule has 2 heterocycles. The lowest BCUT2D eigenvalue weighted by Crippen LogP contribution is -2.26. The first kappa shape index (κ1) is 22.9. The number of rotatable bonds is 6. The minimum Gasteiger partial charge on any atom is -0.365 e. The highest BCUT2D eigenvalue weighted by molar-refractivity contribution is 5.90. The molecule has 1 atom stereocenters. The van der Waals surface area contributed by atoms with Crippen molar-refractivity contribution in [1.29, 1.82) is 0 Å². The van der Waals surface area contributed by atoms with Gasteiger partial charge in [0, 0.05) is 31.8 Å². The highest BCUT2D eigenvalue weighted by Crippen LogP contribution is 2.16. The zero-order chi connectivity index (χ0) is 17.5. The summed E-state index contributed by atoms with van der Waals surface area (Å²) < 4.78 is 0. The number of nitrogens with zero attached hydrogens (tertiary/aromatic N) is 3. The molecule has 146 valence electrons. The van der Waals surface area contributed by atoms with Crippen molar-refractivity contribution < 1.29 is 10.0 Å². The number of likely N-dealkylation sites (tertiary alicyclic amines) is 1. The Kier molecular flexibility index (Phi) is 9.74. The second kappa shape index (κ2) is 11.5. The number of nitrogens with one attached hydrogen (secondary N) is 2. The molecule has 1 aromatic carbocycles. The van der Waals surface area contributed by atoms with Gasteiger partial charge in [-0.05, 0) is 30.2 Å². The molecule has 0 unspecified atom stereocenters. The lowest BCUT2D eigenvalue weighted by Gasteiger charge is -2.17. The van der Waals surface area contributed by atoms with E-state index in [1.807, 2.05) is 12.1 Å². The zero-order valence-electron chi connectivity index (χ0n) is 14.6. The smallest absolute Gasteiger partial charge is 0.267 e. The Hall–Kier alpha value is -2.19. The van der Waals surface area contributed by atoms with Crippen molar-refractivity contribution in [3.05, 3.63) is 59.8 Å². The van der Waals surface area contributed by atoms with Crippen LogP contribution in [0.3, 0.4) is 0 Å². The molecule has 7 nitrogen and oxygen atoms in total. The predicted molar refractivity (Wildman–Crippen MR) is 109 cm³/mol. The minimum absolute atomic E-state index is 0. The summed E-state index contributed by atoms with van der Waals surface area (Å²) in [6.07, 6.45) is 3.74. The summed E-state index contributed by atoms with van der Waals surface area (Å²) in [5, 5.41) is 20.0. The summed E-state index contributed by atoms with van der Waals surface area (Å²) in [5.74, 6) is 0.115. The fourth-order valence-electron chi connectivity index (χ4n) is 2.85. The largest absolute Gasteiger partial charge is 0.365 e. The zero-order valence-corrected chi connectivity index (χ0v) is 16.2. The maximum Gasteiger partial charge on any atom is 0.267 e. The number of hydroxylamine groups is 1. The van der Waals surface area contributed by atoms with E-state index in [0.717, 1.165) is 31.9 Å². The van der Waals surface area contributed by atoms with E-state index >= 15 is 0 Å². The molecule has 3 N–H and O–H groups in total. The molecular formula is C18H23Cl2N5O2. The fraction of sp³-hybridized carbons (Fsp3) is 0.278. The molecule has 2 aromatic rings. The van der Waals surface area contributed by atoms with Gasteiger partial charge >= 0.3 is 0 Å². The quantitative estimate of drug-likeness (QED) is 0.384. The van der Waals surface area contributed by atoms with Gasteiger partial charge in [0.15, 0.2) is 0 Å². The third kappa shape index (κ3) is 7.15. The van der Waals surface area contributed by atoms with Crippen molar-refractivity contribution in [3.63, 3.8) is 0 Å². The lowest BCUT2D eigenvalue weighted by molar-refractivity contribution is -0.124. The van der Waals surface area contributed by atoms with Crippen LogP contribution in [-0.2, 0) is 11.3 Å². The standard InChI is InChI=1S/C18H21N5O2.2ClH/c24-18(22-25)9-7-15-6-8-17(21-20-15)19-16-10-11-23(13-16)12-14-4-2-1-3-5-14;;/h1-9,16,25H,10-13H2,(H,19,21)(H,22,24);2*1H/b9-7+;;/t16-;;/m1../s1. The molecule has 1 aromatic heterocycles. The van der Waals surface area contributed by atoms with Crippen LogP contribution in [-0.4, -0.2) is 45.3 Å². The molecule has 0 spiro atoms. The topological polar surface area (TPSA) is 90.4 Å². The van der Waals surface area contributed by atoms with Crippen LogP contribution in [0.4, 0.5) is 5.82 Å². The van der Waals surface area contributed by atoms with Crippen LogP contribution in [0, 0.1) is 0 Å². The van der Waals surface area contributed by atoms with Crippen molar-refractivity contribution in [3.8, 4) is 0 Å². The molecule has 0 bridgehead atoms. The molecule has 0 saturated carbocycles. The molecule has 3 rings (SSSR count). The number of halogens is 2. The number of amides is 1. The Morgan fingerprint density at radius 3 is 2.63 bits per heavy atom. The number of aromatic nitrogens is 2. The molecule has 1 aliphatic rings. The lowest BCUT2D eigenvalue weighted by atomic mass is 10.2. The van der Waals surface area contributed by atoms with Crippen molar-refractivity contribution >= 4 is 42.6 Å². The molecule has 1 fully saturated rings. The number of hydrogen-bond acceptors (Lipinski definition) is 6. The van der Waals surface area contributed by atoms with Crippen LogP contribution >= 0.6 is 24.8 Å². The number of anilines is 1. The van der Waals surface area contributed by atoms with Crippen LogP contribution in [0.15, 0.2) is 48.5 Å². The maximum atomic E-state index is 10.9. The van der Waals surface area contributed by atoms with E-state index in [9.17, 15) is 4.79 Å². The van der Waals surface area contributed by atoms with Gasteiger partial charge < -0.3 is 5.32 Å². The van der Waals surface area contributed by atoms with E-state index in [0.29, 0.717) is 11.7 Å². The van der Waals surface area contributed by atoms with Crippen molar-refractivity contribution in [2.45, 2.75) is 19.0 Å². The fourth-order valence-corrected chi connectivity index (χ4v) is 2.85. The molecule has 9 heteroatoms. The SMILES string of the molecule is Cl.Cl.O=C(/C=C/c1ccc(N[C@@H]2CCN(Cc3ccccc3)C2)nn1)NO. The van der Waals surface area contributed by atoms with Gasteiger partial charge in [-0.15, -0.1) is 35.0 Å². The van der Waals surface area contributed by atoms with Crippen LogP contribution in [0.2, 0.25) is 0 Å². The molecular weight excluding hydrogens is 389 g/mol. The number of hydrogen-bond donors (Lipinski definition) is 3. The molecule has 1 amide bonds. The van der Waals surface area contributed by atoms with Crippen molar-refractivity contribution in [2.24, 2.45) is 0 Å². The first-order valence-electron chi connectivity index (χ1n) is 8.21. The Balaban J connectivity index is 0.00000182. The molecule has 0 radical (unpaired) electrons. The van der Waals surface area contributed by atoms with Gasteiger partial charge in [0.2, 0.25) is 0 Å². The van der Waals surface area contributed by atoms with E-state index in [1.165, 1.54) is 23.2 Å². The summed E-state index contributed by atoms with van der Waals surface area (Å²) in [6, 6.07) is 14.4. The maximum absolute atomic E-state index is 10.9.